The first-order chi connectivity index (χ1) is 9.40. The molecule has 2 aromatic rings. The van der Waals surface area contributed by atoms with Gasteiger partial charge in [0, 0.05) is 26.5 Å². The van der Waals surface area contributed by atoms with Gasteiger partial charge in [-0.15, -0.1) is 0 Å². The van der Waals surface area contributed by atoms with Gasteiger partial charge < -0.3 is 9.88 Å². The standard InChI is InChI=1S/C13H14N4O3/c1-8-4-5-10(14-6-8)15-11(18)9-7-16(2)13(20)17(3)12(9)19/h4-7H,1-3H3,(H,14,15,18). The third-order valence-electron chi connectivity index (χ3n) is 2.84. The molecule has 0 saturated heterocycles. The zero-order valence-corrected chi connectivity index (χ0v) is 11.4. The van der Waals surface area contributed by atoms with Gasteiger partial charge in [0.2, 0.25) is 0 Å². The number of aromatic nitrogens is 3. The van der Waals surface area contributed by atoms with Crippen LogP contribution in [-0.4, -0.2) is 20.0 Å². The molecule has 0 fully saturated rings. The van der Waals surface area contributed by atoms with E-state index in [1.165, 1.54) is 24.9 Å². The van der Waals surface area contributed by atoms with Crippen LogP contribution in [0.1, 0.15) is 15.9 Å². The number of amides is 1. The van der Waals surface area contributed by atoms with Crippen LogP contribution in [0.4, 0.5) is 5.82 Å². The first kappa shape index (κ1) is 13.7. The summed E-state index contributed by atoms with van der Waals surface area (Å²) in [6, 6.07) is 3.43. The predicted octanol–water partition coefficient (Wildman–Crippen LogP) is 0.0397. The molecule has 0 spiro atoms. The van der Waals surface area contributed by atoms with Crippen molar-refractivity contribution in [3.8, 4) is 0 Å². The largest absolute Gasteiger partial charge is 0.330 e. The minimum atomic E-state index is -0.641. The highest BCUT2D eigenvalue weighted by molar-refractivity contribution is 6.03. The van der Waals surface area contributed by atoms with Crippen LogP contribution in [0.5, 0.6) is 0 Å². The average molecular weight is 274 g/mol. The Morgan fingerprint density at radius 1 is 1.25 bits per heavy atom. The third-order valence-corrected chi connectivity index (χ3v) is 2.84. The molecule has 0 aliphatic carbocycles. The number of hydrogen-bond acceptors (Lipinski definition) is 4. The lowest BCUT2D eigenvalue weighted by atomic mass is 10.3. The van der Waals surface area contributed by atoms with E-state index in [0.29, 0.717) is 5.82 Å². The lowest BCUT2D eigenvalue weighted by Gasteiger charge is -2.07. The van der Waals surface area contributed by atoms with Crippen LogP contribution in [0.2, 0.25) is 0 Å². The number of hydrogen-bond donors (Lipinski definition) is 1. The van der Waals surface area contributed by atoms with Crippen LogP contribution in [0.3, 0.4) is 0 Å². The van der Waals surface area contributed by atoms with E-state index in [9.17, 15) is 14.4 Å². The molecule has 1 N–H and O–H groups in total. The normalized spacial score (nSPS) is 10.3. The second-order valence-corrected chi connectivity index (χ2v) is 4.48. The molecule has 2 heterocycles. The maximum atomic E-state index is 12.1. The minimum absolute atomic E-state index is 0.114. The van der Waals surface area contributed by atoms with E-state index < -0.39 is 17.2 Å². The van der Waals surface area contributed by atoms with Crippen LogP contribution >= 0.6 is 0 Å². The molecule has 0 saturated carbocycles. The van der Waals surface area contributed by atoms with Gasteiger partial charge in [-0.2, -0.15) is 0 Å². The van der Waals surface area contributed by atoms with Gasteiger partial charge in [-0.05, 0) is 18.6 Å². The summed E-state index contributed by atoms with van der Waals surface area (Å²) in [6.07, 6.45) is 2.82. The highest BCUT2D eigenvalue weighted by Gasteiger charge is 2.15. The molecule has 2 rings (SSSR count). The molecule has 0 bridgehead atoms. The van der Waals surface area contributed by atoms with Gasteiger partial charge in [0.1, 0.15) is 11.4 Å². The molecule has 7 heteroatoms. The van der Waals surface area contributed by atoms with Crippen molar-refractivity contribution in [1.82, 2.24) is 14.1 Å². The van der Waals surface area contributed by atoms with Crippen molar-refractivity contribution < 1.29 is 4.79 Å². The Hall–Kier alpha value is -2.70. The van der Waals surface area contributed by atoms with E-state index in [-0.39, 0.29) is 5.56 Å². The predicted molar refractivity (Wildman–Crippen MR) is 73.9 cm³/mol. The molecular weight excluding hydrogens is 260 g/mol. The highest BCUT2D eigenvalue weighted by atomic mass is 16.2. The van der Waals surface area contributed by atoms with E-state index in [2.05, 4.69) is 10.3 Å². The fourth-order valence-electron chi connectivity index (χ4n) is 1.69. The van der Waals surface area contributed by atoms with Crippen molar-refractivity contribution in [3.05, 3.63) is 56.5 Å². The van der Waals surface area contributed by atoms with Gasteiger partial charge in [0.15, 0.2) is 0 Å². The number of nitrogens with zero attached hydrogens (tertiary/aromatic N) is 3. The second kappa shape index (κ2) is 5.12. The van der Waals surface area contributed by atoms with Crippen molar-refractivity contribution in [2.24, 2.45) is 14.1 Å². The van der Waals surface area contributed by atoms with Crippen LogP contribution in [0, 0.1) is 6.92 Å². The number of rotatable bonds is 2. The molecule has 20 heavy (non-hydrogen) atoms. The molecule has 0 atom stereocenters. The van der Waals surface area contributed by atoms with Gasteiger partial charge in [0.25, 0.3) is 11.5 Å². The number of pyridine rings is 1. The Morgan fingerprint density at radius 3 is 2.55 bits per heavy atom. The van der Waals surface area contributed by atoms with Crippen molar-refractivity contribution in [3.63, 3.8) is 0 Å². The summed E-state index contributed by atoms with van der Waals surface area (Å²) in [4.78, 5) is 39.5. The van der Waals surface area contributed by atoms with E-state index in [0.717, 1.165) is 10.1 Å². The van der Waals surface area contributed by atoms with Crippen molar-refractivity contribution in [2.45, 2.75) is 6.92 Å². The molecule has 0 aromatic carbocycles. The molecule has 0 radical (unpaired) electrons. The lowest BCUT2D eigenvalue weighted by molar-refractivity contribution is 0.102. The molecule has 0 aliphatic heterocycles. The first-order valence-corrected chi connectivity index (χ1v) is 5.91. The summed E-state index contributed by atoms with van der Waals surface area (Å²) < 4.78 is 2.07. The fraction of sp³-hybridized carbons (Fsp3) is 0.231. The van der Waals surface area contributed by atoms with Crippen molar-refractivity contribution in [1.29, 1.82) is 0 Å². The Morgan fingerprint density at radius 2 is 1.95 bits per heavy atom. The van der Waals surface area contributed by atoms with Crippen LogP contribution in [0.15, 0.2) is 34.1 Å². The Kier molecular flexibility index (Phi) is 3.51. The molecule has 1 amide bonds. The Balaban J connectivity index is 2.37. The molecule has 0 aliphatic rings. The monoisotopic (exact) mass is 274 g/mol. The van der Waals surface area contributed by atoms with E-state index >= 15 is 0 Å². The zero-order valence-electron chi connectivity index (χ0n) is 11.4. The summed E-state index contributed by atoms with van der Waals surface area (Å²) in [5.74, 6) is -0.256. The van der Waals surface area contributed by atoms with Gasteiger partial charge in [-0.3, -0.25) is 14.2 Å². The molecule has 0 unspecified atom stereocenters. The second-order valence-electron chi connectivity index (χ2n) is 4.48. The van der Waals surface area contributed by atoms with E-state index in [1.807, 2.05) is 6.92 Å². The summed E-state index contributed by atoms with van der Waals surface area (Å²) in [5, 5.41) is 2.52. The van der Waals surface area contributed by atoms with Crippen molar-refractivity contribution >= 4 is 11.7 Å². The maximum absolute atomic E-state index is 12.1. The average Bonchev–Trinajstić information content (AvgIpc) is 2.43. The Bertz CT molecular complexity index is 772. The van der Waals surface area contributed by atoms with Gasteiger partial charge in [-0.25, -0.2) is 9.78 Å². The third kappa shape index (κ3) is 2.51. The quantitative estimate of drug-likeness (QED) is 0.837. The van der Waals surface area contributed by atoms with E-state index in [1.54, 1.807) is 18.3 Å². The maximum Gasteiger partial charge on any atom is 0.330 e. The molecule has 7 nitrogen and oxygen atoms in total. The van der Waals surface area contributed by atoms with Crippen molar-refractivity contribution in [2.75, 3.05) is 5.32 Å². The summed E-state index contributed by atoms with van der Waals surface area (Å²) >= 11 is 0. The van der Waals surface area contributed by atoms with Gasteiger partial charge >= 0.3 is 5.69 Å². The number of carbonyl (C=O) groups excluding carboxylic acids is 1. The summed E-state index contributed by atoms with van der Waals surface area (Å²) in [6.45, 7) is 1.88. The molecule has 2 aromatic heterocycles. The van der Waals surface area contributed by atoms with Crippen LogP contribution in [0.25, 0.3) is 0 Å². The molecular formula is C13H14N4O3. The minimum Gasteiger partial charge on any atom is -0.306 e. The number of aryl methyl sites for hydroxylation is 2. The fourth-order valence-corrected chi connectivity index (χ4v) is 1.69. The Labute approximate surface area is 114 Å². The van der Waals surface area contributed by atoms with Crippen LogP contribution in [-0.2, 0) is 14.1 Å². The SMILES string of the molecule is Cc1ccc(NC(=O)c2cn(C)c(=O)n(C)c2=O)nc1. The van der Waals surface area contributed by atoms with E-state index in [4.69, 9.17) is 0 Å². The topological polar surface area (TPSA) is 86.0 Å². The molecule has 104 valence electrons. The van der Waals surface area contributed by atoms with Crippen LogP contribution < -0.4 is 16.6 Å². The summed E-state index contributed by atoms with van der Waals surface area (Å²) in [5.41, 5.74) is -0.282. The summed E-state index contributed by atoms with van der Waals surface area (Å²) in [7, 11) is 2.80. The number of carbonyl (C=O) groups is 1. The number of nitrogens with one attached hydrogen (secondary N) is 1. The highest BCUT2D eigenvalue weighted by Crippen LogP contribution is 2.05. The van der Waals surface area contributed by atoms with Gasteiger partial charge in [0.05, 0.1) is 0 Å². The smallest absolute Gasteiger partial charge is 0.306 e. The lowest BCUT2D eigenvalue weighted by Crippen LogP contribution is -2.40. The van der Waals surface area contributed by atoms with Gasteiger partial charge in [-0.1, -0.05) is 6.07 Å². The first-order valence-electron chi connectivity index (χ1n) is 5.91. The number of anilines is 1. The zero-order chi connectivity index (χ0) is 14.9.